The van der Waals surface area contributed by atoms with E-state index in [1.54, 1.807) is 33.5 Å². The quantitative estimate of drug-likeness (QED) is 0.137. The third-order valence-corrected chi connectivity index (χ3v) is 9.03. The molecule has 4 rings (SSSR count). The van der Waals surface area contributed by atoms with E-state index in [0.29, 0.717) is 12.2 Å². The molecule has 6 heteroatoms. The lowest BCUT2D eigenvalue weighted by Crippen LogP contribution is -2.50. The van der Waals surface area contributed by atoms with Gasteiger partial charge in [0.1, 0.15) is 22.8 Å². The average molecular weight is 610 g/mol. The van der Waals surface area contributed by atoms with E-state index in [2.05, 4.69) is 69.4 Å². The molecule has 238 valence electrons. The van der Waals surface area contributed by atoms with Crippen LogP contribution in [0, 0.1) is 5.41 Å². The van der Waals surface area contributed by atoms with Gasteiger partial charge in [-0.05, 0) is 96.8 Å². The molecule has 0 saturated carbocycles. The van der Waals surface area contributed by atoms with Gasteiger partial charge in [-0.25, -0.2) is 0 Å². The molecule has 0 aliphatic heterocycles. The Morgan fingerprint density at radius 3 is 1.49 bits per heavy atom. The molecule has 1 N–H and O–H groups in total. The van der Waals surface area contributed by atoms with Crippen molar-refractivity contribution >= 4 is 5.91 Å². The first-order chi connectivity index (χ1) is 21.6. The maximum Gasteiger partial charge on any atom is 0.251 e. The lowest BCUT2D eigenvalue weighted by Gasteiger charge is -2.43. The van der Waals surface area contributed by atoms with Crippen LogP contribution in [0.15, 0.2) is 103 Å². The van der Waals surface area contributed by atoms with Crippen molar-refractivity contribution in [1.82, 2.24) is 5.32 Å². The highest BCUT2D eigenvalue weighted by molar-refractivity contribution is 5.94. The van der Waals surface area contributed by atoms with Crippen LogP contribution < -0.4 is 19.5 Å². The van der Waals surface area contributed by atoms with Gasteiger partial charge in [0.05, 0.1) is 27.9 Å². The molecule has 45 heavy (non-hydrogen) atoms. The molecule has 1 amide bonds. The Balaban J connectivity index is 1.71. The van der Waals surface area contributed by atoms with Gasteiger partial charge in [0.25, 0.3) is 5.91 Å². The van der Waals surface area contributed by atoms with Gasteiger partial charge in [-0.3, -0.25) is 4.79 Å². The molecule has 6 nitrogen and oxygen atoms in total. The molecule has 4 aromatic carbocycles. The highest BCUT2D eigenvalue weighted by Crippen LogP contribution is 2.44. The number of nitrogens with one attached hydrogen (secondary N) is 1. The van der Waals surface area contributed by atoms with Gasteiger partial charge in [-0.15, -0.1) is 0 Å². The topological polar surface area (TPSA) is 66.0 Å². The molecule has 0 saturated heterocycles. The lowest BCUT2D eigenvalue weighted by molar-refractivity contribution is -0.0470. The van der Waals surface area contributed by atoms with Gasteiger partial charge >= 0.3 is 0 Å². The zero-order valence-corrected chi connectivity index (χ0v) is 27.7. The van der Waals surface area contributed by atoms with Crippen molar-refractivity contribution in [2.24, 2.45) is 5.41 Å². The molecule has 0 bridgehead atoms. The molecule has 2 atom stereocenters. The average Bonchev–Trinajstić information content (AvgIpc) is 3.09. The minimum atomic E-state index is -0.912. The fourth-order valence-corrected chi connectivity index (χ4v) is 5.92. The summed E-state index contributed by atoms with van der Waals surface area (Å²) in [7, 11) is 4.96. The van der Waals surface area contributed by atoms with E-state index in [9.17, 15) is 4.79 Å². The first kappa shape index (κ1) is 33.6. The second kappa shape index (κ2) is 14.7. The summed E-state index contributed by atoms with van der Waals surface area (Å²) >= 11 is 0. The van der Waals surface area contributed by atoms with Crippen molar-refractivity contribution in [2.75, 3.05) is 27.9 Å². The van der Waals surface area contributed by atoms with E-state index in [1.807, 2.05) is 54.6 Å². The Bertz CT molecular complexity index is 1450. The van der Waals surface area contributed by atoms with Crippen LogP contribution in [0.25, 0.3) is 0 Å². The van der Waals surface area contributed by atoms with Crippen LogP contribution in [-0.4, -0.2) is 39.4 Å². The minimum Gasteiger partial charge on any atom is -0.497 e. The maximum atomic E-state index is 13.4. The third kappa shape index (κ3) is 7.69. The number of ether oxygens (including phenoxy) is 4. The summed E-state index contributed by atoms with van der Waals surface area (Å²) in [5.41, 5.74) is 1.97. The molecular formula is C39H47NO5. The number of rotatable bonds is 15. The zero-order chi connectivity index (χ0) is 32.5. The van der Waals surface area contributed by atoms with Gasteiger partial charge in [0.2, 0.25) is 0 Å². The summed E-state index contributed by atoms with van der Waals surface area (Å²) in [5, 5.41) is 3.34. The number of carbonyl (C=O) groups excluding carboxylic acids is 1. The van der Waals surface area contributed by atoms with E-state index < -0.39 is 11.1 Å². The van der Waals surface area contributed by atoms with Gasteiger partial charge in [0.15, 0.2) is 0 Å². The number of amides is 1. The number of methoxy groups -OCH3 is 3. The summed E-state index contributed by atoms with van der Waals surface area (Å²) in [6.45, 7) is 9.13. The summed E-state index contributed by atoms with van der Waals surface area (Å²) in [6.07, 6.45) is 2.35. The normalized spacial score (nSPS) is 14.1. The molecular weight excluding hydrogens is 562 g/mol. The molecule has 0 fully saturated rings. The second-order valence-corrected chi connectivity index (χ2v) is 12.2. The van der Waals surface area contributed by atoms with Crippen molar-refractivity contribution < 1.29 is 23.7 Å². The molecule has 0 aliphatic carbocycles. The lowest BCUT2D eigenvalue weighted by atomic mass is 9.74. The predicted octanol–water partition coefficient (Wildman–Crippen LogP) is 8.43. The van der Waals surface area contributed by atoms with Crippen LogP contribution in [0.4, 0.5) is 0 Å². The first-order valence-electron chi connectivity index (χ1n) is 15.6. The van der Waals surface area contributed by atoms with E-state index in [1.165, 1.54) is 0 Å². The number of hydrogen-bond donors (Lipinski definition) is 1. The largest absolute Gasteiger partial charge is 0.497 e. The SMILES string of the molecule is CCC(C)(COC(c1ccccc1)(c1ccc(OC)cc1)c1ccc(OC)cc1)CC(C)(CC)NC(=O)c1ccc(OC)cc1. The Morgan fingerprint density at radius 1 is 0.622 bits per heavy atom. The highest BCUT2D eigenvalue weighted by Gasteiger charge is 2.42. The van der Waals surface area contributed by atoms with Crippen LogP contribution in [0.5, 0.6) is 17.2 Å². The van der Waals surface area contributed by atoms with E-state index in [4.69, 9.17) is 18.9 Å². The van der Waals surface area contributed by atoms with E-state index in [-0.39, 0.29) is 11.3 Å². The maximum absolute atomic E-state index is 13.4. The molecule has 2 unspecified atom stereocenters. The van der Waals surface area contributed by atoms with Crippen LogP contribution in [-0.2, 0) is 10.3 Å². The van der Waals surface area contributed by atoms with E-state index in [0.717, 1.165) is 53.2 Å². The zero-order valence-electron chi connectivity index (χ0n) is 27.7. The molecule has 0 aliphatic rings. The van der Waals surface area contributed by atoms with Gasteiger partial charge in [-0.1, -0.05) is 75.4 Å². The number of benzene rings is 4. The summed E-state index contributed by atoms with van der Waals surface area (Å²) in [4.78, 5) is 13.4. The second-order valence-electron chi connectivity index (χ2n) is 12.2. The fraction of sp³-hybridized carbons (Fsp3) is 0.359. The molecule has 0 spiro atoms. The van der Waals surface area contributed by atoms with Crippen LogP contribution >= 0.6 is 0 Å². The molecule has 0 heterocycles. The summed E-state index contributed by atoms with van der Waals surface area (Å²) < 4.78 is 23.6. The van der Waals surface area contributed by atoms with Crippen molar-refractivity contribution in [3.05, 3.63) is 125 Å². The standard InChI is InChI=1S/C39H47NO5/c1-8-37(3,27-38(4,9-2)40-36(41)29-15-21-33(42-5)22-16-29)28-45-39(30-13-11-10-12-14-30,31-17-23-34(43-6)24-18-31)32-19-25-35(44-7)26-20-32/h10-26H,8-9,27-28H2,1-7H3,(H,40,41). The first-order valence-corrected chi connectivity index (χ1v) is 15.6. The van der Waals surface area contributed by atoms with Crippen molar-refractivity contribution in [3.8, 4) is 17.2 Å². The van der Waals surface area contributed by atoms with Gasteiger partial charge in [0, 0.05) is 11.1 Å². The van der Waals surface area contributed by atoms with Crippen molar-refractivity contribution in [3.63, 3.8) is 0 Å². The molecule has 0 aromatic heterocycles. The predicted molar refractivity (Wildman–Crippen MR) is 180 cm³/mol. The Hall–Kier alpha value is -4.29. The third-order valence-electron chi connectivity index (χ3n) is 9.03. The van der Waals surface area contributed by atoms with Crippen molar-refractivity contribution in [1.29, 1.82) is 0 Å². The number of hydrogen-bond acceptors (Lipinski definition) is 5. The monoisotopic (exact) mass is 609 g/mol. The Kier molecular flexibility index (Phi) is 10.9. The summed E-state index contributed by atoms with van der Waals surface area (Å²) in [6, 6.07) is 33.7. The minimum absolute atomic E-state index is 0.100. The highest BCUT2D eigenvalue weighted by atomic mass is 16.5. The molecule has 0 radical (unpaired) electrons. The van der Waals surface area contributed by atoms with E-state index >= 15 is 0 Å². The van der Waals surface area contributed by atoms with Crippen LogP contribution in [0.3, 0.4) is 0 Å². The fourth-order valence-electron chi connectivity index (χ4n) is 5.92. The van der Waals surface area contributed by atoms with Crippen LogP contribution in [0.2, 0.25) is 0 Å². The van der Waals surface area contributed by atoms with Gasteiger partial charge in [-0.2, -0.15) is 0 Å². The van der Waals surface area contributed by atoms with Crippen LogP contribution in [0.1, 0.15) is 74.0 Å². The van der Waals surface area contributed by atoms with Gasteiger partial charge < -0.3 is 24.3 Å². The number of carbonyl (C=O) groups is 1. The van der Waals surface area contributed by atoms with Crippen molar-refractivity contribution in [2.45, 2.75) is 58.1 Å². The molecule has 4 aromatic rings. The Morgan fingerprint density at radius 2 is 1.07 bits per heavy atom. The smallest absolute Gasteiger partial charge is 0.251 e. The Labute approximate surface area is 268 Å². The summed E-state index contributed by atoms with van der Waals surface area (Å²) in [5.74, 6) is 2.17.